The first-order valence-corrected chi connectivity index (χ1v) is 10.7. The lowest BCUT2D eigenvalue weighted by molar-refractivity contribution is -0.137. The predicted molar refractivity (Wildman–Crippen MR) is 111 cm³/mol. The minimum absolute atomic E-state index is 0.0548. The molecular formula is C22H31N5O2. The van der Waals surface area contributed by atoms with Crippen LogP contribution in [0.5, 0.6) is 0 Å². The highest BCUT2D eigenvalue weighted by atomic mass is 16.2. The fraction of sp³-hybridized carbons (Fsp3) is 0.545. The second-order valence-electron chi connectivity index (χ2n) is 8.20. The molecule has 0 bridgehead atoms. The van der Waals surface area contributed by atoms with Gasteiger partial charge in [-0.2, -0.15) is 0 Å². The van der Waals surface area contributed by atoms with Crippen molar-refractivity contribution in [2.45, 2.75) is 45.4 Å². The number of piperidine rings is 1. The maximum Gasteiger partial charge on any atom is 0.247 e. The second-order valence-corrected chi connectivity index (χ2v) is 8.20. The van der Waals surface area contributed by atoms with Gasteiger partial charge in [-0.1, -0.05) is 30.3 Å². The summed E-state index contributed by atoms with van der Waals surface area (Å²) >= 11 is 0. The van der Waals surface area contributed by atoms with Crippen LogP contribution >= 0.6 is 0 Å². The van der Waals surface area contributed by atoms with Crippen molar-refractivity contribution in [3.63, 3.8) is 0 Å². The predicted octanol–water partition coefficient (Wildman–Crippen LogP) is 1.20. The summed E-state index contributed by atoms with van der Waals surface area (Å²) in [5.74, 6) is -0.00622. The molecule has 0 saturated carbocycles. The fourth-order valence-electron chi connectivity index (χ4n) is 4.74. The van der Waals surface area contributed by atoms with E-state index in [1.54, 1.807) is 6.08 Å². The number of rotatable bonds is 5. The quantitative estimate of drug-likeness (QED) is 0.696. The van der Waals surface area contributed by atoms with Crippen molar-refractivity contribution in [3.8, 4) is 0 Å². The highest BCUT2D eigenvalue weighted by molar-refractivity contribution is 5.91. The third kappa shape index (κ3) is 4.02. The van der Waals surface area contributed by atoms with Gasteiger partial charge < -0.3 is 15.5 Å². The van der Waals surface area contributed by atoms with E-state index in [2.05, 4.69) is 21.1 Å². The topological polar surface area (TPSA) is 76.7 Å². The Bertz CT molecular complexity index is 775. The molecule has 2 amide bonds. The van der Waals surface area contributed by atoms with Crippen LogP contribution in [0.1, 0.15) is 32.3 Å². The number of carbonyl (C=O) groups excluding carboxylic acids is 2. The summed E-state index contributed by atoms with van der Waals surface area (Å²) in [5.41, 5.74) is 5.61. The van der Waals surface area contributed by atoms with E-state index in [1.807, 2.05) is 49.1 Å². The number of hydrazine groups is 1. The van der Waals surface area contributed by atoms with Crippen LogP contribution in [0, 0.1) is 11.8 Å². The molecule has 0 aliphatic carbocycles. The molecule has 3 aliphatic rings. The maximum absolute atomic E-state index is 13.5. The van der Waals surface area contributed by atoms with Crippen molar-refractivity contribution in [1.82, 2.24) is 26.0 Å². The smallest absolute Gasteiger partial charge is 0.247 e. The largest absolute Gasteiger partial charge is 0.338 e. The van der Waals surface area contributed by atoms with E-state index in [1.165, 1.54) is 0 Å². The van der Waals surface area contributed by atoms with Crippen molar-refractivity contribution < 1.29 is 9.59 Å². The molecule has 7 heteroatoms. The summed E-state index contributed by atoms with van der Waals surface area (Å²) in [6.07, 6.45) is 3.38. The van der Waals surface area contributed by atoms with E-state index in [0.717, 1.165) is 37.2 Å². The Balaban J connectivity index is 1.54. The molecule has 2 saturated heterocycles. The van der Waals surface area contributed by atoms with Crippen molar-refractivity contribution in [2.75, 3.05) is 19.6 Å². The van der Waals surface area contributed by atoms with Gasteiger partial charge in [0.15, 0.2) is 0 Å². The maximum atomic E-state index is 13.5. The van der Waals surface area contributed by atoms with Crippen molar-refractivity contribution in [1.29, 1.82) is 0 Å². The Labute approximate surface area is 172 Å². The number of nitrogens with one attached hydrogen (secondary N) is 3. The van der Waals surface area contributed by atoms with Gasteiger partial charge in [-0.3, -0.25) is 14.6 Å². The van der Waals surface area contributed by atoms with Gasteiger partial charge in [-0.25, -0.2) is 5.43 Å². The summed E-state index contributed by atoms with van der Waals surface area (Å²) in [5, 5.41) is 8.47. The SMILES string of the molecule is CCN(Cc1ccccc1)C(=O)C1C(C)NN2C(C3CCNCC3)=CC(=O)NC12. The zero-order valence-corrected chi connectivity index (χ0v) is 17.2. The number of fused-ring (bicyclic) bond motifs is 1. The molecule has 1 aromatic carbocycles. The Morgan fingerprint density at radius 3 is 2.62 bits per heavy atom. The van der Waals surface area contributed by atoms with Gasteiger partial charge in [0, 0.05) is 36.8 Å². The summed E-state index contributed by atoms with van der Waals surface area (Å²) < 4.78 is 0. The Morgan fingerprint density at radius 1 is 1.21 bits per heavy atom. The van der Waals surface area contributed by atoms with Gasteiger partial charge in [0.25, 0.3) is 0 Å². The molecule has 3 aliphatic heterocycles. The molecule has 29 heavy (non-hydrogen) atoms. The van der Waals surface area contributed by atoms with E-state index >= 15 is 0 Å². The molecule has 3 unspecified atom stereocenters. The molecule has 3 N–H and O–H groups in total. The first kappa shape index (κ1) is 19.9. The Kier molecular flexibility index (Phi) is 5.87. The van der Waals surface area contributed by atoms with Crippen LogP contribution in [0.4, 0.5) is 0 Å². The number of allylic oxidation sites excluding steroid dienone is 1. The van der Waals surface area contributed by atoms with Gasteiger partial charge in [0.05, 0.1) is 5.92 Å². The summed E-state index contributed by atoms with van der Waals surface area (Å²) in [6.45, 7) is 7.17. The second kappa shape index (κ2) is 8.55. The lowest BCUT2D eigenvalue weighted by Gasteiger charge is -2.39. The van der Waals surface area contributed by atoms with Gasteiger partial charge in [0.2, 0.25) is 11.8 Å². The summed E-state index contributed by atoms with van der Waals surface area (Å²) in [7, 11) is 0. The van der Waals surface area contributed by atoms with E-state index < -0.39 is 0 Å². The third-order valence-electron chi connectivity index (χ3n) is 6.30. The molecule has 0 radical (unpaired) electrons. The zero-order valence-electron chi connectivity index (χ0n) is 17.2. The minimum atomic E-state index is -0.343. The number of benzene rings is 1. The molecule has 2 fully saturated rings. The van der Waals surface area contributed by atoms with Crippen LogP contribution in [-0.2, 0) is 16.1 Å². The molecule has 4 rings (SSSR count). The van der Waals surface area contributed by atoms with Crippen LogP contribution < -0.4 is 16.1 Å². The van der Waals surface area contributed by atoms with E-state index in [9.17, 15) is 9.59 Å². The molecule has 1 aromatic rings. The van der Waals surface area contributed by atoms with Crippen LogP contribution in [0.15, 0.2) is 42.1 Å². The Morgan fingerprint density at radius 2 is 1.93 bits per heavy atom. The monoisotopic (exact) mass is 397 g/mol. The lowest BCUT2D eigenvalue weighted by atomic mass is 9.91. The minimum Gasteiger partial charge on any atom is -0.338 e. The van der Waals surface area contributed by atoms with Crippen LogP contribution in [0.25, 0.3) is 0 Å². The average molecular weight is 398 g/mol. The van der Waals surface area contributed by atoms with Crippen LogP contribution in [0.2, 0.25) is 0 Å². The average Bonchev–Trinajstić information content (AvgIpc) is 3.07. The van der Waals surface area contributed by atoms with Crippen molar-refractivity contribution in [3.05, 3.63) is 47.7 Å². The highest BCUT2D eigenvalue weighted by Crippen LogP contribution is 2.34. The van der Waals surface area contributed by atoms with E-state index in [0.29, 0.717) is 19.0 Å². The highest BCUT2D eigenvalue weighted by Gasteiger charge is 2.49. The molecule has 3 heterocycles. The fourth-order valence-corrected chi connectivity index (χ4v) is 4.74. The first-order valence-electron chi connectivity index (χ1n) is 10.7. The van der Waals surface area contributed by atoms with E-state index in [4.69, 9.17) is 0 Å². The molecule has 156 valence electrons. The van der Waals surface area contributed by atoms with Gasteiger partial charge in [0.1, 0.15) is 6.17 Å². The van der Waals surface area contributed by atoms with Gasteiger partial charge >= 0.3 is 0 Å². The standard InChI is InChI=1S/C22H31N5O2/c1-3-26(14-16-7-5-4-6-8-16)22(29)20-15(2)25-27-18(13-19(28)24-21(20)27)17-9-11-23-12-10-17/h4-8,13,15,17,20-21,23,25H,3,9-12,14H2,1-2H3,(H,24,28). The van der Waals surface area contributed by atoms with E-state index in [-0.39, 0.29) is 29.9 Å². The molecular weight excluding hydrogens is 366 g/mol. The third-order valence-corrected chi connectivity index (χ3v) is 6.30. The number of nitrogens with zero attached hydrogens (tertiary/aromatic N) is 2. The Hall–Kier alpha value is -2.38. The lowest BCUT2D eigenvalue weighted by Crippen LogP contribution is -2.56. The summed E-state index contributed by atoms with van der Waals surface area (Å²) in [6, 6.07) is 9.99. The van der Waals surface area contributed by atoms with Gasteiger partial charge in [-0.15, -0.1) is 0 Å². The van der Waals surface area contributed by atoms with Crippen molar-refractivity contribution in [2.24, 2.45) is 11.8 Å². The van der Waals surface area contributed by atoms with Gasteiger partial charge in [-0.05, 0) is 45.3 Å². The van der Waals surface area contributed by atoms with Crippen LogP contribution in [0.3, 0.4) is 0 Å². The number of carbonyl (C=O) groups is 2. The molecule has 3 atom stereocenters. The zero-order chi connectivity index (χ0) is 20.4. The number of hydrogen-bond donors (Lipinski definition) is 3. The number of hydrogen-bond acceptors (Lipinski definition) is 5. The molecule has 0 aromatic heterocycles. The summed E-state index contributed by atoms with van der Waals surface area (Å²) in [4.78, 5) is 27.9. The number of amides is 2. The normalized spacial score (nSPS) is 27.2. The molecule has 0 spiro atoms. The molecule has 7 nitrogen and oxygen atoms in total. The van der Waals surface area contributed by atoms with Crippen LogP contribution in [-0.4, -0.2) is 53.6 Å². The van der Waals surface area contributed by atoms with Crippen molar-refractivity contribution >= 4 is 11.8 Å². The first-order chi connectivity index (χ1) is 14.1.